The molecule has 6 rings (SSSR count). The first-order valence-electron chi connectivity index (χ1n) is 14.1. The van der Waals surface area contributed by atoms with Crippen molar-refractivity contribution in [2.75, 3.05) is 13.1 Å². The Kier molecular flexibility index (Phi) is 7.81. The van der Waals surface area contributed by atoms with Gasteiger partial charge in [0.15, 0.2) is 0 Å². The van der Waals surface area contributed by atoms with Gasteiger partial charge in [0.2, 0.25) is 10.0 Å². The van der Waals surface area contributed by atoms with E-state index < -0.39 is 10.0 Å². The molecule has 9 heteroatoms. The first-order valence-corrected chi connectivity index (χ1v) is 16.1. The zero-order chi connectivity index (χ0) is 29.5. The second-order valence-electron chi connectivity index (χ2n) is 11.5. The van der Waals surface area contributed by atoms with Gasteiger partial charge >= 0.3 is 0 Å². The van der Waals surface area contributed by atoms with Crippen LogP contribution in [0.15, 0.2) is 84.6 Å². The van der Waals surface area contributed by atoms with E-state index in [0.717, 1.165) is 36.2 Å². The van der Waals surface area contributed by atoms with Crippen molar-refractivity contribution < 1.29 is 17.2 Å². The van der Waals surface area contributed by atoms with Gasteiger partial charge in [-0.05, 0) is 96.2 Å². The Labute approximate surface area is 250 Å². The van der Waals surface area contributed by atoms with Crippen molar-refractivity contribution in [1.29, 1.82) is 0 Å². The Bertz CT molecular complexity index is 1750. The topological polar surface area (TPSA) is 55.2 Å². The molecule has 1 aromatic heterocycles. The van der Waals surface area contributed by atoms with Gasteiger partial charge in [0.1, 0.15) is 11.6 Å². The van der Waals surface area contributed by atoms with E-state index in [1.165, 1.54) is 23.8 Å². The summed E-state index contributed by atoms with van der Waals surface area (Å²) in [6.07, 6.45) is 6.73. The van der Waals surface area contributed by atoms with Gasteiger partial charge in [0.25, 0.3) is 0 Å². The standard InChI is InChI=1S/C33H32ClF2N3O2S/c1-33-19-25-20-37-39(29-14-12-28(35)13-15-29)32(25)18-26(33)10-11-27(33)21-38(17-16-23-6-3-5-9-31(23)36)42(40,41)22-24-7-2-4-8-30(24)34/h2-9,12-15,18,20,27H,10-11,16-17,19,21-22H2,1H3/t27-,33+/m1/s1. The lowest BCUT2D eigenvalue weighted by atomic mass is 9.70. The third-order valence-corrected chi connectivity index (χ3v) is 11.1. The molecule has 42 heavy (non-hydrogen) atoms. The Morgan fingerprint density at radius 3 is 2.48 bits per heavy atom. The van der Waals surface area contributed by atoms with Gasteiger partial charge < -0.3 is 0 Å². The molecule has 0 N–H and O–H groups in total. The van der Waals surface area contributed by atoms with Crippen LogP contribution in [0.5, 0.6) is 0 Å². The summed E-state index contributed by atoms with van der Waals surface area (Å²) < 4.78 is 59.2. The fraction of sp³-hybridized carbons (Fsp3) is 0.303. The third kappa shape index (κ3) is 5.55. The molecule has 1 fully saturated rings. The SMILES string of the molecule is C[C@]12Cc3cnn(-c4ccc(F)cc4)c3C=C1CC[C@@H]2CN(CCc1ccccc1F)S(=O)(=O)Cc1ccccc1Cl. The minimum absolute atomic E-state index is 0.0627. The van der Waals surface area contributed by atoms with E-state index in [1.807, 2.05) is 10.9 Å². The molecular formula is C33H32ClF2N3O2S. The van der Waals surface area contributed by atoms with E-state index in [0.29, 0.717) is 22.7 Å². The summed E-state index contributed by atoms with van der Waals surface area (Å²) in [5.41, 5.74) is 4.90. The lowest BCUT2D eigenvalue weighted by Gasteiger charge is -2.38. The van der Waals surface area contributed by atoms with Crippen LogP contribution in [0.1, 0.15) is 42.1 Å². The van der Waals surface area contributed by atoms with E-state index in [9.17, 15) is 17.2 Å². The molecule has 2 aliphatic carbocycles. The average molecular weight is 608 g/mol. The number of aromatic nitrogens is 2. The van der Waals surface area contributed by atoms with E-state index in [-0.39, 0.29) is 41.7 Å². The number of benzene rings is 3. The summed E-state index contributed by atoms with van der Waals surface area (Å²) >= 11 is 6.35. The molecule has 0 unspecified atom stereocenters. The minimum Gasteiger partial charge on any atom is -0.233 e. The lowest BCUT2D eigenvalue weighted by Crippen LogP contribution is -2.42. The zero-order valence-corrected chi connectivity index (χ0v) is 24.9. The molecule has 0 saturated heterocycles. The summed E-state index contributed by atoms with van der Waals surface area (Å²) in [4.78, 5) is 0. The number of rotatable bonds is 9. The molecule has 5 nitrogen and oxygen atoms in total. The van der Waals surface area contributed by atoms with Crippen LogP contribution in [0.3, 0.4) is 0 Å². The normalized spacial score (nSPS) is 19.9. The van der Waals surface area contributed by atoms with Gasteiger partial charge in [-0.25, -0.2) is 26.2 Å². The predicted molar refractivity (Wildman–Crippen MR) is 162 cm³/mol. The molecule has 2 atom stereocenters. The molecule has 0 bridgehead atoms. The van der Waals surface area contributed by atoms with Crippen molar-refractivity contribution in [3.8, 4) is 5.69 Å². The van der Waals surface area contributed by atoms with Gasteiger partial charge in [-0.3, -0.25) is 0 Å². The highest BCUT2D eigenvalue weighted by Crippen LogP contribution is 2.53. The highest BCUT2D eigenvalue weighted by molar-refractivity contribution is 7.88. The van der Waals surface area contributed by atoms with Crippen molar-refractivity contribution in [3.05, 3.63) is 124 Å². The van der Waals surface area contributed by atoms with Gasteiger partial charge in [0, 0.05) is 18.1 Å². The maximum absolute atomic E-state index is 14.5. The van der Waals surface area contributed by atoms with Crippen LogP contribution < -0.4 is 0 Å². The molecule has 0 radical (unpaired) electrons. The second kappa shape index (κ2) is 11.4. The average Bonchev–Trinajstić information content (AvgIpc) is 3.51. The third-order valence-electron chi connectivity index (χ3n) is 8.92. The van der Waals surface area contributed by atoms with Gasteiger partial charge in [0.05, 0.1) is 23.3 Å². The largest absolute Gasteiger partial charge is 0.233 e. The van der Waals surface area contributed by atoms with Gasteiger partial charge in [-0.1, -0.05) is 60.5 Å². The minimum atomic E-state index is -3.77. The quantitative estimate of drug-likeness (QED) is 0.202. The Morgan fingerprint density at radius 1 is 1.02 bits per heavy atom. The summed E-state index contributed by atoms with van der Waals surface area (Å²) in [6.45, 7) is 2.72. The predicted octanol–water partition coefficient (Wildman–Crippen LogP) is 7.23. The van der Waals surface area contributed by atoms with Crippen LogP contribution in [0.25, 0.3) is 11.8 Å². The molecule has 3 aromatic carbocycles. The van der Waals surface area contributed by atoms with E-state index >= 15 is 0 Å². The molecule has 0 aliphatic heterocycles. The summed E-state index contributed by atoms with van der Waals surface area (Å²) in [5.74, 6) is -0.789. The summed E-state index contributed by atoms with van der Waals surface area (Å²) in [5, 5.41) is 5.01. The van der Waals surface area contributed by atoms with Crippen LogP contribution in [0, 0.1) is 23.0 Å². The Balaban J connectivity index is 1.28. The molecule has 2 aliphatic rings. The lowest BCUT2D eigenvalue weighted by molar-refractivity contribution is 0.221. The van der Waals surface area contributed by atoms with Crippen molar-refractivity contribution in [2.24, 2.45) is 11.3 Å². The molecule has 4 aromatic rings. The molecule has 0 spiro atoms. The Morgan fingerprint density at radius 2 is 1.74 bits per heavy atom. The van der Waals surface area contributed by atoms with Gasteiger partial charge in [-0.2, -0.15) is 5.10 Å². The summed E-state index contributed by atoms with van der Waals surface area (Å²) in [6, 6.07) is 19.8. The van der Waals surface area contributed by atoms with Crippen molar-refractivity contribution in [2.45, 2.75) is 38.4 Å². The first kappa shape index (κ1) is 28.8. The number of hydrogen-bond donors (Lipinski definition) is 0. The number of hydrogen-bond acceptors (Lipinski definition) is 3. The monoisotopic (exact) mass is 607 g/mol. The second-order valence-corrected chi connectivity index (χ2v) is 13.9. The van der Waals surface area contributed by atoms with Crippen LogP contribution in [0.4, 0.5) is 8.78 Å². The number of halogens is 3. The molecule has 218 valence electrons. The maximum Gasteiger partial charge on any atom is 0.218 e. The highest BCUT2D eigenvalue weighted by Gasteiger charge is 2.47. The van der Waals surface area contributed by atoms with Crippen LogP contribution in [-0.2, 0) is 28.6 Å². The smallest absolute Gasteiger partial charge is 0.218 e. The fourth-order valence-corrected chi connectivity index (χ4v) is 8.34. The van der Waals surface area contributed by atoms with E-state index in [2.05, 4.69) is 18.1 Å². The van der Waals surface area contributed by atoms with E-state index in [4.69, 9.17) is 11.6 Å². The van der Waals surface area contributed by atoms with Crippen molar-refractivity contribution in [3.63, 3.8) is 0 Å². The molecular weight excluding hydrogens is 576 g/mol. The number of allylic oxidation sites excluding steroid dienone is 1. The molecule has 1 saturated carbocycles. The molecule has 1 heterocycles. The number of nitrogens with zero attached hydrogens (tertiary/aromatic N) is 3. The van der Waals surface area contributed by atoms with Crippen molar-refractivity contribution >= 4 is 27.7 Å². The van der Waals surface area contributed by atoms with Crippen LogP contribution >= 0.6 is 11.6 Å². The number of fused-ring (bicyclic) bond motifs is 2. The van der Waals surface area contributed by atoms with Crippen LogP contribution in [-0.4, -0.2) is 35.6 Å². The number of sulfonamides is 1. The highest BCUT2D eigenvalue weighted by atomic mass is 35.5. The van der Waals surface area contributed by atoms with Crippen LogP contribution in [0.2, 0.25) is 5.02 Å². The molecule has 0 amide bonds. The fourth-order valence-electron chi connectivity index (χ4n) is 6.45. The zero-order valence-electron chi connectivity index (χ0n) is 23.3. The van der Waals surface area contributed by atoms with Gasteiger partial charge in [-0.15, -0.1) is 0 Å². The summed E-state index contributed by atoms with van der Waals surface area (Å²) in [7, 11) is -3.77. The Hall–Kier alpha value is -3.33. The first-order chi connectivity index (χ1) is 20.1. The van der Waals surface area contributed by atoms with E-state index in [1.54, 1.807) is 58.9 Å². The van der Waals surface area contributed by atoms with Crippen molar-refractivity contribution in [1.82, 2.24) is 14.1 Å². The maximum atomic E-state index is 14.5.